The van der Waals surface area contributed by atoms with Gasteiger partial charge in [0.2, 0.25) is 0 Å². The highest BCUT2D eigenvalue weighted by Crippen LogP contribution is 2.12. The number of nitrogens with zero attached hydrogens (tertiary/aromatic N) is 1. The molecule has 2 aromatic carbocycles. The fraction of sp³-hybridized carbons (Fsp3) is 0.235. The fourth-order valence-electron chi connectivity index (χ4n) is 2.01. The molecule has 2 aromatic rings. The lowest BCUT2D eigenvalue weighted by Gasteiger charge is -2.10. The van der Waals surface area contributed by atoms with Crippen molar-refractivity contribution in [2.75, 3.05) is 0 Å². The molecule has 0 aliphatic rings. The van der Waals surface area contributed by atoms with Gasteiger partial charge in [-0.05, 0) is 30.0 Å². The highest BCUT2D eigenvalue weighted by molar-refractivity contribution is 7.89. The second-order valence-corrected chi connectivity index (χ2v) is 7.09. The summed E-state index contributed by atoms with van der Waals surface area (Å²) in [5.41, 5.74) is 1.65. The smallest absolute Gasteiger partial charge is 0.200 e. The third kappa shape index (κ3) is 4.43. The number of hydrazone groups is 1. The van der Waals surface area contributed by atoms with Crippen LogP contribution in [-0.4, -0.2) is 14.1 Å². The first kappa shape index (κ1) is 16.2. The second-order valence-electron chi connectivity index (χ2n) is 5.43. The fourth-order valence-corrected chi connectivity index (χ4v) is 2.86. The van der Waals surface area contributed by atoms with E-state index in [0.717, 1.165) is 11.3 Å². The van der Waals surface area contributed by atoms with Crippen molar-refractivity contribution in [1.29, 1.82) is 0 Å². The summed E-state index contributed by atoms with van der Waals surface area (Å²) in [6, 6.07) is 17.8. The van der Waals surface area contributed by atoms with E-state index in [4.69, 9.17) is 0 Å². The third-order valence-electron chi connectivity index (χ3n) is 3.06. The summed E-state index contributed by atoms with van der Waals surface area (Å²) in [6.07, 6.45) is 0.696. The highest BCUT2D eigenvalue weighted by Gasteiger charge is 2.13. The summed E-state index contributed by atoms with van der Waals surface area (Å²) in [6.45, 7) is 4.15. The van der Waals surface area contributed by atoms with Crippen molar-refractivity contribution in [3.8, 4) is 0 Å². The molecule has 4 nitrogen and oxygen atoms in total. The molecule has 0 spiro atoms. The summed E-state index contributed by atoms with van der Waals surface area (Å²) < 4.78 is 24.5. The molecular formula is C17H20N2O2S. The van der Waals surface area contributed by atoms with Gasteiger partial charge in [-0.1, -0.05) is 62.4 Å². The minimum atomic E-state index is -3.64. The Morgan fingerprint density at radius 3 is 2.09 bits per heavy atom. The molecule has 116 valence electrons. The highest BCUT2D eigenvalue weighted by atomic mass is 32.2. The van der Waals surface area contributed by atoms with E-state index in [2.05, 4.69) is 23.8 Å². The summed E-state index contributed by atoms with van der Waals surface area (Å²) in [4.78, 5) is 2.54. The van der Waals surface area contributed by atoms with E-state index in [9.17, 15) is 8.42 Å². The van der Waals surface area contributed by atoms with Crippen molar-refractivity contribution in [3.05, 3.63) is 66.2 Å². The molecule has 0 bridgehead atoms. The molecule has 0 aromatic heterocycles. The maximum atomic E-state index is 12.2. The number of rotatable bonds is 6. The van der Waals surface area contributed by atoms with Gasteiger partial charge in [0.1, 0.15) is 0 Å². The van der Waals surface area contributed by atoms with E-state index in [0.29, 0.717) is 12.3 Å². The number of nitrogens with one attached hydrogen (secondary N) is 1. The SMILES string of the molecule is CC(C)C/C(=N\NS(=O)(=O)c1ccccc1)c1ccccc1. The molecule has 0 unspecified atom stereocenters. The van der Waals surface area contributed by atoms with E-state index >= 15 is 0 Å². The molecule has 1 N–H and O–H groups in total. The van der Waals surface area contributed by atoms with Crippen molar-refractivity contribution in [3.63, 3.8) is 0 Å². The van der Waals surface area contributed by atoms with Gasteiger partial charge >= 0.3 is 0 Å². The van der Waals surface area contributed by atoms with Crippen LogP contribution in [0.25, 0.3) is 0 Å². The van der Waals surface area contributed by atoms with Crippen LogP contribution in [0.5, 0.6) is 0 Å². The van der Waals surface area contributed by atoms with E-state index in [1.54, 1.807) is 30.3 Å². The van der Waals surface area contributed by atoms with Gasteiger partial charge in [-0.15, -0.1) is 0 Å². The van der Waals surface area contributed by atoms with Crippen LogP contribution >= 0.6 is 0 Å². The summed E-state index contributed by atoms with van der Waals surface area (Å²) in [7, 11) is -3.64. The molecule has 5 heteroatoms. The third-order valence-corrected chi connectivity index (χ3v) is 4.29. The van der Waals surface area contributed by atoms with Gasteiger partial charge < -0.3 is 0 Å². The molecule has 22 heavy (non-hydrogen) atoms. The van der Waals surface area contributed by atoms with Crippen molar-refractivity contribution >= 4 is 15.7 Å². The molecular weight excluding hydrogens is 296 g/mol. The van der Waals surface area contributed by atoms with Gasteiger partial charge in [-0.2, -0.15) is 18.4 Å². The lowest BCUT2D eigenvalue weighted by molar-refractivity contribution is 0.583. The first-order chi connectivity index (χ1) is 10.5. The topological polar surface area (TPSA) is 58.5 Å². The predicted molar refractivity (Wildman–Crippen MR) is 89.2 cm³/mol. The van der Waals surface area contributed by atoms with Crippen LogP contribution < -0.4 is 4.83 Å². The van der Waals surface area contributed by atoms with Gasteiger partial charge in [0.25, 0.3) is 10.0 Å². The monoisotopic (exact) mass is 316 g/mol. The van der Waals surface area contributed by atoms with Crippen molar-refractivity contribution in [2.24, 2.45) is 11.0 Å². The summed E-state index contributed by atoms with van der Waals surface area (Å²) >= 11 is 0. The Balaban J connectivity index is 2.27. The molecule has 0 radical (unpaired) electrons. The van der Waals surface area contributed by atoms with Crippen LogP contribution in [-0.2, 0) is 10.0 Å². The Morgan fingerprint density at radius 1 is 1.00 bits per heavy atom. The van der Waals surface area contributed by atoms with Gasteiger partial charge in [0.05, 0.1) is 10.6 Å². The Hall–Kier alpha value is -2.14. The quantitative estimate of drug-likeness (QED) is 0.656. The zero-order valence-corrected chi connectivity index (χ0v) is 13.5. The Morgan fingerprint density at radius 2 is 1.55 bits per heavy atom. The molecule has 2 rings (SSSR count). The Labute approximate surface area is 131 Å². The molecule has 0 amide bonds. The maximum absolute atomic E-state index is 12.2. The van der Waals surface area contributed by atoms with Gasteiger partial charge in [0.15, 0.2) is 0 Å². The molecule has 0 heterocycles. The standard InChI is InChI=1S/C17H20N2O2S/c1-14(2)13-17(15-9-5-3-6-10-15)18-19-22(20,21)16-11-7-4-8-12-16/h3-12,14,19H,13H2,1-2H3/b18-17+. The predicted octanol–water partition coefficient (Wildman–Crippen LogP) is 3.42. The Bertz CT molecular complexity index is 724. The Kier molecular flexibility index (Phi) is 5.33. The van der Waals surface area contributed by atoms with Gasteiger partial charge in [-0.3, -0.25) is 0 Å². The summed E-state index contributed by atoms with van der Waals surface area (Å²) in [5.74, 6) is 0.375. The zero-order chi connectivity index (χ0) is 16.0. The number of hydrogen-bond acceptors (Lipinski definition) is 3. The second kappa shape index (κ2) is 7.22. The van der Waals surface area contributed by atoms with Gasteiger partial charge in [-0.25, -0.2) is 0 Å². The summed E-state index contributed by atoms with van der Waals surface area (Å²) in [5, 5.41) is 4.16. The van der Waals surface area contributed by atoms with E-state index in [-0.39, 0.29) is 4.90 Å². The van der Waals surface area contributed by atoms with E-state index in [1.807, 2.05) is 30.3 Å². The number of benzene rings is 2. The van der Waals surface area contributed by atoms with E-state index in [1.165, 1.54) is 0 Å². The molecule has 0 saturated heterocycles. The van der Waals surface area contributed by atoms with Crippen LogP contribution in [0.3, 0.4) is 0 Å². The molecule has 0 aliphatic carbocycles. The number of sulfonamides is 1. The zero-order valence-electron chi connectivity index (χ0n) is 12.7. The normalized spacial score (nSPS) is 12.4. The lowest BCUT2D eigenvalue weighted by atomic mass is 10.0. The number of hydrogen-bond donors (Lipinski definition) is 1. The van der Waals surface area contributed by atoms with Crippen molar-refractivity contribution < 1.29 is 8.42 Å². The lowest BCUT2D eigenvalue weighted by Crippen LogP contribution is -2.21. The van der Waals surface area contributed by atoms with Crippen LogP contribution in [0.15, 0.2) is 70.7 Å². The van der Waals surface area contributed by atoms with Crippen LogP contribution in [0.4, 0.5) is 0 Å². The van der Waals surface area contributed by atoms with Crippen LogP contribution in [0.1, 0.15) is 25.8 Å². The minimum Gasteiger partial charge on any atom is -0.200 e. The largest absolute Gasteiger partial charge is 0.276 e. The molecule has 0 saturated carbocycles. The van der Waals surface area contributed by atoms with Crippen LogP contribution in [0.2, 0.25) is 0 Å². The molecule has 0 aliphatic heterocycles. The first-order valence-corrected chi connectivity index (χ1v) is 8.66. The minimum absolute atomic E-state index is 0.204. The molecule has 0 atom stereocenters. The molecule has 0 fully saturated rings. The van der Waals surface area contributed by atoms with Gasteiger partial charge in [0, 0.05) is 0 Å². The first-order valence-electron chi connectivity index (χ1n) is 7.18. The maximum Gasteiger partial charge on any atom is 0.276 e. The van der Waals surface area contributed by atoms with Crippen LogP contribution in [0, 0.1) is 5.92 Å². The van der Waals surface area contributed by atoms with E-state index < -0.39 is 10.0 Å². The van der Waals surface area contributed by atoms with Crippen molar-refractivity contribution in [1.82, 2.24) is 4.83 Å². The average molecular weight is 316 g/mol. The van der Waals surface area contributed by atoms with Crippen molar-refractivity contribution in [2.45, 2.75) is 25.2 Å². The average Bonchev–Trinajstić information content (AvgIpc) is 2.53.